The van der Waals surface area contributed by atoms with Crippen molar-refractivity contribution in [3.8, 4) is 11.5 Å². The smallest absolute Gasteiger partial charge is 0.322 e. The number of aromatic hydroxyl groups is 2. The molecule has 1 heterocycles. The average molecular weight is 314 g/mol. The van der Waals surface area contributed by atoms with Gasteiger partial charge in [0.2, 0.25) is 0 Å². The second-order valence-electron chi connectivity index (χ2n) is 5.01. The minimum atomic E-state index is -3.07. The summed E-state index contributed by atoms with van der Waals surface area (Å²) in [4.78, 5) is 13.7. The van der Waals surface area contributed by atoms with Crippen LogP contribution in [0.4, 0.5) is 10.5 Å². The lowest BCUT2D eigenvalue weighted by Crippen LogP contribution is -2.43. The maximum atomic E-state index is 12.2. The van der Waals surface area contributed by atoms with Gasteiger partial charge >= 0.3 is 6.03 Å². The first kappa shape index (κ1) is 15.4. The number of nitrogens with zero attached hydrogens (tertiary/aromatic N) is 1. The summed E-state index contributed by atoms with van der Waals surface area (Å²) in [6.07, 6.45) is 0.425. The lowest BCUT2D eigenvalue weighted by Gasteiger charge is -2.27. The standard InChI is InChI=1S/C13H18N2O5S/c1-2-15(10-3-4-21(19,20)8-10)13(18)14-9-5-11(16)7-12(17)6-9/h5-7,10,16-17H,2-4,8H2,1H3,(H,14,18). The van der Waals surface area contributed by atoms with E-state index in [2.05, 4.69) is 5.32 Å². The van der Waals surface area contributed by atoms with Crippen LogP contribution in [0.25, 0.3) is 0 Å². The first-order chi connectivity index (χ1) is 9.80. The van der Waals surface area contributed by atoms with E-state index in [-0.39, 0.29) is 34.7 Å². The van der Waals surface area contributed by atoms with E-state index in [4.69, 9.17) is 0 Å². The van der Waals surface area contributed by atoms with Gasteiger partial charge in [-0.05, 0) is 13.3 Å². The van der Waals surface area contributed by atoms with Crippen molar-refractivity contribution in [1.82, 2.24) is 4.90 Å². The zero-order chi connectivity index (χ0) is 15.6. The topological polar surface area (TPSA) is 107 Å². The van der Waals surface area contributed by atoms with Crippen LogP contribution < -0.4 is 5.32 Å². The van der Waals surface area contributed by atoms with E-state index >= 15 is 0 Å². The van der Waals surface area contributed by atoms with Crippen LogP contribution in [0.5, 0.6) is 11.5 Å². The van der Waals surface area contributed by atoms with Crippen LogP contribution in [0.1, 0.15) is 13.3 Å². The molecule has 21 heavy (non-hydrogen) atoms. The molecule has 1 unspecified atom stereocenters. The van der Waals surface area contributed by atoms with Crippen LogP contribution in [0, 0.1) is 0 Å². The van der Waals surface area contributed by atoms with Gasteiger partial charge in [-0.1, -0.05) is 0 Å². The minimum absolute atomic E-state index is 0.0282. The molecule has 0 saturated carbocycles. The van der Waals surface area contributed by atoms with Crippen LogP contribution in [0.15, 0.2) is 18.2 Å². The molecule has 1 aromatic rings. The maximum Gasteiger partial charge on any atom is 0.322 e. The largest absolute Gasteiger partial charge is 0.508 e. The number of phenolic OH excluding ortho intramolecular Hbond substituents is 2. The second-order valence-corrected chi connectivity index (χ2v) is 7.24. The molecule has 3 N–H and O–H groups in total. The number of urea groups is 1. The van der Waals surface area contributed by atoms with Gasteiger partial charge in [-0.15, -0.1) is 0 Å². The summed E-state index contributed by atoms with van der Waals surface area (Å²) in [7, 11) is -3.07. The number of anilines is 1. The van der Waals surface area contributed by atoms with Crippen molar-refractivity contribution in [3.63, 3.8) is 0 Å². The van der Waals surface area contributed by atoms with Gasteiger partial charge in [-0.2, -0.15) is 0 Å². The number of phenols is 2. The van der Waals surface area contributed by atoms with Crippen molar-refractivity contribution in [2.75, 3.05) is 23.4 Å². The fraction of sp³-hybridized carbons (Fsp3) is 0.462. The maximum absolute atomic E-state index is 12.2. The van der Waals surface area contributed by atoms with E-state index in [0.717, 1.165) is 6.07 Å². The Morgan fingerprint density at radius 1 is 1.33 bits per heavy atom. The van der Waals surface area contributed by atoms with Gasteiger partial charge in [0.1, 0.15) is 11.5 Å². The van der Waals surface area contributed by atoms with Gasteiger partial charge in [-0.3, -0.25) is 0 Å². The number of hydrogen-bond donors (Lipinski definition) is 3. The summed E-state index contributed by atoms with van der Waals surface area (Å²) in [5.74, 6) is -0.276. The molecule has 0 radical (unpaired) electrons. The number of sulfone groups is 1. The Kier molecular flexibility index (Phi) is 4.26. The molecular formula is C13H18N2O5S. The average Bonchev–Trinajstić information content (AvgIpc) is 2.69. The van der Waals surface area contributed by atoms with E-state index in [1.54, 1.807) is 6.92 Å². The summed E-state index contributed by atoms with van der Waals surface area (Å²) in [6.45, 7) is 2.14. The van der Waals surface area contributed by atoms with Gasteiger partial charge in [0.05, 0.1) is 11.5 Å². The SMILES string of the molecule is CCN(C(=O)Nc1cc(O)cc(O)c1)C1CCS(=O)(=O)C1. The third-order valence-electron chi connectivity index (χ3n) is 3.40. The summed E-state index contributed by atoms with van der Waals surface area (Å²) in [6, 6.07) is 2.96. The fourth-order valence-electron chi connectivity index (χ4n) is 2.45. The molecular weight excluding hydrogens is 296 g/mol. The molecule has 0 bridgehead atoms. The molecule has 2 amide bonds. The highest BCUT2D eigenvalue weighted by molar-refractivity contribution is 7.91. The molecule has 8 heteroatoms. The molecule has 1 aromatic carbocycles. The Labute approximate surface area is 123 Å². The third kappa shape index (κ3) is 3.78. The molecule has 7 nitrogen and oxygen atoms in total. The normalized spacial score (nSPS) is 20.1. The first-order valence-corrected chi connectivity index (χ1v) is 8.44. The molecule has 0 aliphatic carbocycles. The number of benzene rings is 1. The molecule has 1 aliphatic heterocycles. The molecule has 1 atom stereocenters. The summed E-state index contributed by atoms with van der Waals surface area (Å²) in [5.41, 5.74) is 0.247. The van der Waals surface area contributed by atoms with Crippen molar-refractivity contribution >= 4 is 21.6 Å². The lowest BCUT2D eigenvalue weighted by molar-refractivity contribution is 0.197. The zero-order valence-corrected chi connectivity index (χ0v) is 12.4. The highest BCUT2D eigenvalue weighted by atomic mass is 32.2. The number of hydrogen-bond acceptors (Lipinski definition) is 5. The van der Waals surface area contributed by atoms with E-state index in [9.17, 15) is 23.4 Å². The Balaban J connectivity index is 2.10. The quantitative estimate of drug-likeness (QED) is 0.775. The number of rotatable bonds is 3. The Hall–Kier alpha value is -1.96. The van der Waals surface area contributed by atoms with Crippen LogP contribution in [-0.2, 0) is 9.84 Å². The summed E-state index contributed by atoms with van der Waals surface area (Å²) < 4.78 is 23.0. The number of carbonyl (C=O) groups is 1. The summed E-state index contributed by atoms with van der Waals surface area (Å²) in [5, 5.41) is 21.3. The van der Waals surface area contributed by atoms with Gasteiger partial charge in [0.25, 0.3) is 0 Å². The monoisotopic (exact) mass is 314 g/mol. The molecule has 116 valence electrons. The van der Waals surface area contributed by atoms with Crippen LogP contribution in [0.2, 0.25) is 0 Å². The van der Waals surface area contributed by atoms with Gasteiger partial charge in [0.15, 0.2) is 9.84 Å². The molecule has 1 fully saturated rings. The number of amides is 2. The predicted octanol–water partition coefficient (Wildman–Crippen LogP) is 1.14. The van der Waals surface area contributed by atoms with Crippen LogP contribution in [0.3, 0.4) is 0 Å². The second kappa shape index (κ2) is 5.80. The Bertz CT molecular complexity index is 624. The first-order valence-electron chi connectivity index (χ1n) is 6.62. The van der Waals surface area contributed by atoms with E-state index < -0.39 is 15.9 Å². The molecule has 1 aliphatic rings. The van der Waals surface area contributed by atoms with Crippen molar-refractivity contribution in [1.29, 1.82) is 0 Å². The van der Waals surface area contributed by atoms with E-state index in [0.29, 0.717) is 13.0 Å². The fourth-order valence-corrected chi connectivity index (χ4v) is 4.18. The van der Waals surface area contributed by atoms with E-state index in [1.807, 2.05) is 0 Å². The van der Waals surface area contributed by atoms with Gasteiger partial charge in [0, 0.05) is 36.5 Å². The number of nitrogens with one attached hydrogen (secondary N) is 1. The highest BCUT2D eigenvalue weighted by Crippen LogP contribution is 2.25. The molecule has 2 rings (SSSR count). The van der Waals surface area contributed by atoms with Gasteiger partial charge < -0.3 is 20.4 Å². The summed E-state index contributed by atoms with van der Waals surface area (Å²) >= 11 is 0. The van der Waals surface area contributed by atoms with E-state index in [1.165, 1.54) is 17.0 Å². The number of carbonyl (C=O) groups excluding carboxylic acids is 1. The van der Waals surface area contributed by atoms with Crippen molar-refractivity contribution < 1.29 is 23.4 Å². The lowest BCUT2D eigenvalue weighted by atomic mass is 10.2. The van der Waals surface area contributed by atoms with Crippen molar-refractivity contribution in [3.05, 3.63) is 18.2 Å². The predicted molar refractivity (Wildman–Crippen MR) is 78.2 cm³/mol. The minimum Gasteiger partial charge on any atom is -0.508 e. The van der Waals surface area contributed by atoms with Crippen molar-refractivity contribution in [2.45, 2.75) is 19.4 Å². The molecule has 0 aromatic heterocycles. The zero-order valence-electron chi connectivity index (χ0n) is 11.6. The molecule has 1 saturated heterocycles. The highest BCUT2D eigenvalue weighted by Gasteiger charge is 2.33. The van der Waals surface area contributed by atoms with Crippen molar-refractivity contribution in [2.24, 2.45) is 0 Å². The Morgan fingerprint density at radius 2 is 1.95 bits per heavy atom. The molecule has 0 spiro atoms. The van der Waals surface area contributed by atoms with Crippen LogP contribution >= 0.6 is 0 Å². The van der Waals surface area contributed by atoms with Crippen LogP contribution in [-0.4, -0.2) is 53.7 Å². The third-order valence-corrected chi connectivity index (χ3v) is 5.15. The van der Waals surface area contributed by atoms with Gasteiger partial charge in [-0.25, -0.2) is 13.2 Å². The Morgan fingerprint density at radius 3 is 2.43 bits per heavy atom.